The van der Waals surface area contributed by atoms with Gasteiger partial charge in [-0.1, -0.05) is 0 Å². The maximum absolute atomic E-state index is 11.4. The van der Waals surface area contributed by atoms with Crippen LogP contribution in [0.4, 0.5) is 0 Å². The molecule has 108 valence electrons. The van der Waals surface area contributed by atoms with Crippen LogP contribution in [-0.2, 0) is 16.0 Å². The summed E-state index contributed by atoms with van der Waals surface area (Å²) in [5, 5.41) is 8.70. The van der Waals surface area contributed by atoms with Crippen LogP contribution in [0.2, 0.25) is 0 Å². The first kappa shape index (κ1) is 14.4. The molecule has 1 amide bonds. The molecule has 1 N–H and O–H groups in total. The molecule has 1 aliphatic rings. The zero-order valence-electron chi connectivity index (χ0n) is 11.6. The van der Waals surface area contributed by atoms with Gasteiger partial charge >= 0.3 is 5.97 Å². The number of aliphatic carboxylic acids is 1. The number of likely N-dealkylation sites (tertiary alicyclic amines) is 1. The maximum atomic E-state index is 11.4. The second-order valence-corrected chi connectivity index (χ2v) is 5.13. The van der Waals surface area contributed by atoms with E-state index in [0.29, 0.717) is 18.7 Å². The van der Waals surface area contributed by atoms with E-state index in [-0.39, 0.29) is 18.2 Å². The minimum absolute atomic E-state index is 0.0579. The second-order valence-electron chi connectivity index (χ2n) is 5.13. The van der Waals surface area contributed by atoms with E-state index < -0.39 is 5.97 Å². The number of aryl methyl sites for hydroxylation is 1. The Kier molecular flexibility index (Phi) is 4.65. The molecular weight excluding hydrogens is 258 g/mol. The van der Waals surface area contributed by atoms with Crippen LogP contribution in [-0.4, -0.2) is 44.9 Å². The molecule has 2 rings (SSSR count). The molecule has 20 heavy (non-hydrogen) atoms. The van der Waals surface area contributed by atoms with Crippen LogP contribution >= 0.6 is 0 Å². The summed E-state index contributed by atoms with van der Waals surface area (Å²) >= 11 is 0. The number of hydrogen-bond acceptors (Lipinski definition) is 4. The fourth-order valence-electron chi connectivity index (χ4n) is 2.48. The molecule has 1 aromatic heterocycles. The number of carboxylic acids is 1. The Morgan fingerprint density at radius 1 is 1.45 bits per heavy atom. The van der Waals surface area contributed by atoms with Crippen molar-refractivity contribution in [2.45, 2.75) is 38.5 Å². The quantitative estimate of drug-likeness (QED) is 0.894. The van der Waals surface area contributed by atoms with Crippen molar-refractivity contribution in [1.29, 1.82) is 0 Å². The number of nitrogens with zero attached hydrogens (tertiary/aromatic N) is 3. The van der Waals surface area contributed by atoms with Gasteiger partial charge in [0.1, 0.15) is 0 Å². The summed E-state index contributed by atoms with van der Waals surface area (Å²) in [6.07, 6.45) is 5.73. The van der Waals surface area contributed by atoms with Gasteiger partial charge in [0.15, 0.2) is 0 Å². The van der Waals surface area contributed by atoms with Crippen LogP contribution < -0.4 is 0 Å². The molecular formula is C14H19N3O3. The topological polar surface area (TPSA) is 83.4 Å². The summed E-state index contributed by atoms with van der Waals surface area (Å²) < 4.78 is 0. The average molecular weight is 277 g/mol. The van der Waals surface area contributed by atoms with Gasteiger partial charge in [0, 0.05) is 44.7 Å². The van der Waals surface area contributed by atoms with Crippen LogP contribution in [0, 0.1) is 0 Å². The molecule has 1 fully saturated rings. The first-order chi connectivity index (χ1) is 9.56. The first-order valence-electron chi connectivity index (χ1n) is 6.84. The normalized spacial score (nSPS) is 18.9. The lowest BCUT2D eigenvalue weighted by Gasteiger charge is -2.31. The summed E-state index contributed by atoms with van der Waals surface area (Å²) in [7, 11) is 0. The van der Waals surface area contributed by atoms with E-state index in [4.69, 9.17) is 5.11 Å². The predicted octanol–water partition coefficient (Wildman–Crippen LogP) is 1.22. The van der Waals surface area contributed by atoms with Gasteiger partial charge in [0.05, 0.1) is 17.8 Å². The van der Waals surface area contributed by atoms with Gasteiger partial charge < -0.3 is 10.0 Å². The lowest BCUT2D eigenvalue weighted by molar-refractivity contribution is -0.137. The Labute approximate surface area is 117 Å². The van der Waals surface area contributed by atoms with Gasteiger partial charge in [0.2, 0.25) is 5.91 Å². The largest absolute Gasteiger partial charge is 0.481 e. The van der Waals surface area contributed by atoms with E-state index in [1.807, 2.05) is 4.90 Å². The molecule has 1 aliphatic heterocycles. The van der Waals surface area contributed by atoms with Gasteiger partial charge in [-0.05, 0) is 12.8 Å². The van der Waals surface area contributed by atoms with Crippen molar-refractivity contribution in [3.8, 4) is 0 Å². The zero-order chi connectivity index (χ0) is 14.5. The number of carbonyl (C=O) groups is 2. The van der Waals surface area contributed by atoms with E-state index >= 15 is 0 Å². The van der Waals surface area contributed by atoms with Crippen molar-refractivity contribution < 1.29 is 14.7 Å². The molecule has 6 heteroatoms. The lowest BCUT2D eigenvalue weighted by Crippen LogP contribution is -2.37. The molecule has 0 unspecified atom stereocenters. The number of carbonyl (C=O) groups excluding carboxylic acids is 1. The third-order valence-electron chi connectivity index (χ3n) is 3.58. The fraction of sp³-hybridized carbons (Fsp3) is 0.571. The van der Waals surface area contributed by atoms with Gasteiger partial charge in [-0.2, -0.15) is 0 Å². The summed E-state index contributed by atoms with van der Waals surface area (Å²) in [6, 6.07) is 0. The smallest absolute Gasteiger partial charge is 0.303 e. The predicted molar refractivity (Wildman–Crippen MR) is 72.2 cm³/mol. The van der Waals surface area contributed by atoms with E-state index in [9.17, 15) is 9.59 Å². The standard InChI is InChI=1S/C14H19N3O3/c1-10(18)17-6-2-3-11(9-17)13-8-15-7-12(16-13)4-5-14(19)20/h7-8,11H,2-6,9H2,1H3,(H,19,20)/t11-/m0/s1. The minimum atomic E-state index is -0.836. The van der Waals surface area contributed by atoms with Crippen LogP contribution in [0.1, 0.15) is 43.5 Å². The average Bonchev–Trinajstić information content (AvgIpc) is 2.45. The molecule has 0 aromatic carbocycles. The Bertz CT molecular complexity index is 504. The summed E-state index contributed by atoms with van der Waals surface area (Å²) in [5.74, 6) is -0.549. The zero-order valence-corrected chi connectivity index (χ0v) is 11.6. The highest BCUT2D eigenvalue weighted by Gasteiger charge is 2.24. The number of carboxylic acid groups (broad SMARTS) is 1. The SMILES string of the molecule is CC(=O)N1CCC[C@H](c2cncc(CCC(=O)O)n2)C1. The lowest BCUT2D eigenvalue weighted by atomic mass is 9.95. The number of piperidine rings is 1. The van der Waals surface area contributed by atoms with Crippen molar-refractivity contribution in [2.75, 3.05) is 13.1 Å². The molecule has 6 nitrogen and oxygen atoms in total. The second kappa shape index (κ2) is 6.45. The van der Waals surface area contributed by atoms with Crippen LogP contribution in [0.25, 0.3) is 0 Å². The van der Waals surface area contributed by atoms with Crippen LogP contribution in [0.15, 0.2) is 12.4 Å². The number of hydrogen-bond donors (Lipinski definition) is 1. The van der Waals surface area contributed by atoms with Crippen molar-refractivity contribution in [2.24, 2.45) is 0 Å². The van der Waals surface area contributed by atoms with E-state index in [2.05, 4.69) is 9.97 Å². The summed E-state index contributed by atoms with van der Waals surface area (Å²) in [5.41, 5.74) is 1.56. The number of aromatic nitrogens is 2. The first-order valence-corrected chi connectivity index (χ1v) is 6.84. The molecule has 0 saturated carbocycles. The van der Waals surface area contributed by atoms with Gasteiger partial charge in [0.25, 0.3) is 0 Å². The van der Waals surface area contributed by atoms with E-state index in [1.54, 1.807) is 19.3 Å². The highest BCUT2D eigenvalue weighted by Crippen LogP contribution is 2.25. The van der Waals surface area contributed by atoms with Gasteiger partial charge in [-0.25, -0.2) is 0 Å². The highest BCUT2D eigenvalue weighted by atomic mass is 16.4. The summed E-state index contributed by atoms with van der Waals surface area (Å²) in [4.78, 5) is 32.5. The molecule has 2 heterocycles. The van der Waals surface area contributed by atoms with Gasteiger partial charge in [-0.15, -0.1) is 0 Å². The molecule has 0 bridgehead atoms. The molecule has 0 aliphatic carbocycles. The maximum Gasteiger partial charge on any atom is 0.303 e. The molecule has 0 radical (unpaired) electrons. The Balaban J connectivity index is 2.06. The fourth-order valence-corrected chi connectivity index (χ4v) is 2.48. The molecule has 0 spiro atoms. The van der Waals surface area contributed by atoms with Crippen molar-refractivity contribution in [1.82, 2.24) is 14.9 Å². The van der Waals surface area contributed by atoms with E-state index in [0.717, 1.165) is 25.1 Å². The van der Waals surface area contributed by atoms with Crippen molar-refractivity contribution in [3.63, 3.8) is 0 Å². The Morgan fingerprint density at radius 3 is 2.95 bits per heavy atom. The highest BCUT2D eigenvalue weighted by molar-refractivity contribution is 5.73. The minimum Gasteiger partial charge on any atom is -0.481 e. The monoisotopic (exact) mass is 277 g/mol. The third kappa shape index (κ3) is 3.76. The van der Waals surface area contributed by atoms with E-state index in [1.165, 1.54) is 0 Å². The van der Waals surface area contributed by atoms with Crippen molar-refractivity contribution in [3.05, 3.63) is 23.8 Å². The number of amides is 1. The van der Waals surface area contributed by atoms with Crippen LogP contribution in [0.3, 0.4) is 0 Å². The third-order valence-corrected chi connectivity index (χ3v) is 3.58. The molecule has 1 atom stereocenters. The molecule has 1 saturated heterocycles. The molecule has 1 aromatic rings. The number of rotatable bonds is 4. The van der Waals surface area contributed by atoms with Gasteiger partial charge in [-0.3, -0.25) is 19.6 Å². The summed E-state index contributed by atoms with van der Waals surface area (Å²) in [6.45, 7) is 3.06. The Hall–Kier alpha value is -1.98. The van der Waals surface area contributed by atoms with Crippen molar-refractivity contribution >= 4 is 11.9 Å². The van der Waals surface area contributed by atoms with Crippen LogP contribution in [0.5, 0.6) is 0 Å². The Morgan fingerprint density at radius 2 is 2.25 bits per heavy atom.